The summed E-state index contributed by atoms with van der Waals surface area (Å²) in [6.07, 6.45) is -1.13. The third-order valence-corrected chi connectivity index (χ3v) is 1.68. The Morgan fingerprint density at radius 3 is 2.43 bits per heavy atom. The van der Waals surface area contributed by atoms with Gasteiger partial charge in [0.25, 0.3) is 0 Å². The van der Waals surface area contributed by atoms with Gasteiger partial charge in [0.2, 0.25) is 0 Å². The van der Waals surface area contributed by atoms with Gasteiger partial charge >= 0.3 is 11.9 Å². The van der Waals surface area contributed by atoms with Crippen LogP contribution in [0.5, 0.6) is 0 Å². The fourth-order valence-corrected chi connectivity index (χ4v) is 0.957. The van der Waals surface area contributed by atoms with E-state index in [0.29, 0.717) is 0 Å². The molecule has 0 saturated heterocycles. The molecular formula is C9H7F3O2. The van der Waals surface area contributed by atoms with Gasteiger partial charge in [-0.15, -0.1) is 0 Å². The molecule has 0 saturated carbocycles. The van der Waals surface area contributed by atoms with E-state index in [2.05, 4.69) is 0 Å². The minimum atomic E-state index is -3.93. The molecule has 0 fully saturated rings. The molecule has 76 valence electrons. The molecule has 1 aromatic rings. The Morgan fingerprint density at radius 2 is 1.93 bits per heavy atom. The smallest absolute Gasteiger partial charge is 0.374 e. The van der Waals surface area contributed by atoms with E-state index in [1.807, 2.05) is 0 Å². The monoisotopic (exact) mass is 204 g/mol. The minimum Gasteiger partial charge on any atom is -0.477 e. The van der Waals surface area contributed by atoms with Crippen LogP contribution in [0.4, 0.5) is 13.2 Å². The molecule has 0 aliphatic carbocycles. The maximum absolute atomic E-state index is 12.9. The second-order valence-electron chi connectivity index (χ2n) is 2.78. The molecule has 0 bridgehead atoms. The molecule has 0 atom stereocenters. The summed E-state index contributed by atoms with van der Waals surface area (Å²) in [7, 11) is 0. The number of hydrogen-bond acceptors (Lipinski definition) is 1. The molecule has 1 rings (SSSR count). The summed E-state index contributed by atoms with van der Waals surface area (Å²) >= 11 is 0. The van der Waals surface area contributed by atoms with Crippen LogP contribution in [-0.2, 0) is 11.2 Å². The molecule has 0 aliphatic rings. The molecule has 0 radical (unpaired) electrons. The van der Waals surface area contributed by atoms with Crippen molar-refractivity contribution in [2.75, 3.05) is 0 Å². The highest BCUT2D eigenvalue weighted by atomic mass is 19.3. The Bertz CT molecular complexity index is 350. The fraction of sp³-hybridized carbons (Fsp3) is 0.222. The van der Waals surface area contributed by atoms with Crippen molar-refractivity contribution < 1.29 is 23.1 Å². The number of aliphatic carboxylic acids is 1. The quantitative estimate of drug-likeness (QED) is 0.818. The molecule has 0 unspecified atom stereocenters. The second-order valence-corrected chi connectivity index (χ2v) is 2.78. The molecule has 0 aromatic heterocycles. The maximum atomic E-state index is 12.9. The fourth-order valence-electron chi connectivity index (χ4n) is 0.957. The Balaban J connectivity index is 2.89. The van der Waals surface area contributed by atoms with Gasteiger partial charge in [0.15, 0.2) is 0 Å². The van der Waals surface area contributed by atoms with Crippen LogP contribution in [0.1, 0.15) is 5.56 Å². The third kappa shape index (κ3) is 2.25. The first-order valence-electron chi connectivity index (χ1n) is 3.78. The first-order chi connectivity index (χ1) is 6.43. The molecule has 2 nitrogen and oxygen atoms in total. The van der Waals surface area contributed by atoms with Crippen molar-refractivity contribution in [3.63, 3.8) is 0 Å². The highest BCUT2D eigenvalue weighted by Gasteiger charge is 2.39. The lowest BCUT2D eigenvalue weighted by molar-refractivity contribution is -0.164. The molecular weight excluding hydrogens is 197 g/mol. The summed E-state index contributed by atoms with van der Waals surface area (Å²) in [6, 6.07) is 4.85. The van der Waals surface area contributed by atoms with Gasteiger partial charge in [-0.3, -0.25) is 0 Å². The van der Waals surface area contributed by atoms with Gasteiger partial charge < -0.3 is 5.11 Å². The van der Waals surface area contributed by atoms with E-state index in [-0.39, 0.29) is 5.56 Å². The number of hydrogen-bond donors (Lipinski definition) is 1. The molecule has 0 aliphatic heterocycles. The lowest BCUT2D eigenvalue weighted by atomic mass is 10.1. The van der Waals surface area contributed by atoms with Crippen molar-refractivity contribution in [2.45, 2.75) is 12.3 Å². The summed E-state index contributed by atoms with van der Waals surface area (Å²) in [4.78, 5) is 10.1. The summed E-state index contributed by atoms with van der Waals surface area (Å²) in [5, 5.41) is 8.12. The van der Waals surface area contributed by atoms with Gasteiger partial charge in [0.05, 0.1) is 6.42 Å². The second kappa shape index (κ2) is 3.69. The number of carboxylic acids is 1. The van der Waals surface area contributed by atoms with Gasteiger partial charge in [-0.25, -0.2) is 9.18 Å². The number of benzene rings is 1. The van der Waals surface area contributed by atoms with E-state index in [1.165, 1.54) is 12.1 Å². The van der Waals surface area contributed by atoms with Crippen LogP contribution in [0.3, 0.4) is 0 Å². The molecule has 14 heavy (non-hydrogen) atoms. The molecule has 5 heteroatoms. The molecule has 0 heterocycles. The first kappa shape index (κ1) is 10.6. The molecule has 0 spiro atoms. The van der Waals surface area contributed by atoms with Gasteiger partial charge in [-0.1, -0.05) is 18.2 Å². The van der Waals surface area contributed by atoms with Crippen molar-refractivity contribution >= 4 is 5.97 Å². The topological polar surface area (TPSA) is 37.3 Å². The average molecular weight is 204 g/mol. The maximum Gasteiger partial charge on any atom is 0.374 e. The van der Waals surface area contributed by atoms with Crippen LogP contribution in [0.25, 0.3) is 0 Å². The van der Waals surface area contributed by atoms with Crippen LogP contribution in [0.15, 0.2) is 24.3 Å². The highest BCUT2D eigenvalue weighted by molar-refractivity contribution is 5.75. The van der Waals surface area contributed by atoms with Gasteiger partial charge in [0, 0.05) is 0 Å². The largest absolute Gasteiger partial charge is 0.477 e. The van der Waals surface area contributed by atoms with Crippen LogP contribution in [0.2, 0.25) is 0 Å². The highest BCUT2D eigenvalue weighted by Crippen LogP contribution is 2.21. The standard InChI is InChI=1S/C9H7F3O2/c10-7-4-2-1-3-6(7)5-9(11,12)8(13)14/h1-4H,5H2,(H,13,14). The zero-order chi connectivity index (χ0) is 10.8. The summed E-state index contributed by atoms with van der Waals surface area (Å²) in [6.45, 7) is 0. The van der Waals surface area contributed by atoms with Gasteiger partial charge in [-0.05, 0) is 11.6 Å². The van der Waals surface area contributed by atoms with Gasteiger partial charge in [-0.2, -0.15) is 8.78 Å². The van der Waals surface area contributed by atoms with Crippen molar-refractivity contribution in [3.05, 3.63) is 35.6 Å². The predicted molar refractivity (Wildman–Crippen MR) is 42.7 cm³/mol. The van der Waals surface area contributed by atoms with Crippen LogP contribution < -0.4 is 0 Å². The van der Waals surface area contributed by atoms with Crippen molar-refractivity contribution in [2.24, 2.45) is 0 Å². The number of carbonyl (C=O) groups is 1. The van der Waals surface area contributed by atoms with E-state index in [4.69, 9.17) is 5.11 Å². The van der Waals surface area contributed by atoms with Crippen LogP contribution in [0, 0.1) is 5.82 Å². The molecule has 1 aromatic carbocycles. The number of carboxylic acid groups (broad SMARTS) is 1. The lowest BCUT2D eigenvalue weighted by Gasteiger charge is -2.10. The Morgan fingerprint density at radius 1 is 1.36 bits per heavy atom. The summed E-state index contributed by atoms with van der Waals surface area (Å²) in [5.41, 5.74) is -0.306. The predicted octanol–water partition coefficient (Wildman–Crippen LogP) is 2.09. The lowest BCUT2D eigenvalue weighted by Crippen LogP contribution is -2.31. The van der Waals surface area contributed by atoms with E-state index < -0.39 is 24.1 Å². The first-order valence-corrected chi connectivity index (χ1v) is 3.78. The van der Waals surface area contributed by atoms with E-state index >= 15 is 0 Å². The third-order valence-electron chi connectivity index (χ3n) is 1.68. The Labute approximate surface area is 78.0 Å². The number of halogens is 3. The SMILES string of the molecule is O=C(O)C(F)(F)Cc1ccccc1F. The zero-order valence-corrected chi connectivity index (χ0v) is 7.01. The average Bonchev–Trinajstić information content (AvgIpc) is 2.08. The Hall–Kier alpha value is -1.52. The number of rotatable bonds is 3. The zero-order valence-electron chi connectivity index (χ0n) is 7.01. The van der Waals surface area contributed by atoms with E-state index in [0.717, 1.165) is 12.1 Å². The number of alkyl halides is 2. The van der Waals surface area contributed by atoms with Crippen LogP contribution in [-0.4, -0.2) is 17.0 Å². The van der Waals surface area contributed by atoms with Crippen molar-refractivity contribution in [3.8, 4) is 0 Å². The summed E-state index contributed by atoms with van der Waals surface area (Å²) < 4.78 is 38.1. The van der Waals surface area contributed by atoms with Crippen LogP contribution >= 0.6 is 0 Å². The van der Waals surface area contributed by atoms with Crippen molar-refractivity contribution in [1.29, 1.82) is 0 Å². The van der Waals surface area contributed by atoms with Gasteiger partial charge in [0.1, 0.15) is 5.82 Å². The van der Waals surface area contributed by atoms with E-state index in [1.54, 1.807) is 0 Å². The van der Waals surface area contributed by atoms with E-state index in [9.17, 15) is 18.0 Å². The molecule has 0 amide bonds. The Kier molecular flexibility index (Phi) is 2.78. The normalized spacial score (nSPS) is 11.4. The minimum absolute atomic E-state index is 0.306. The summed E-state index contributed by atoms with van der Waals surface area (Å²) in [5.74, 6) is -7.00. The molecule has 1 N–H and O–H groups in total. The van der Waals surface area contributed by atoms with Crippen molar-refractivity contribution in [1.82, 2.24) is 0 Å².